The van der Waals surface area contributed by atoms with Crippen molar-refractivity contribution in [2.75, 3.05) is 12.5 Å². The van der Waals surface area contributed by atoms with Gasteiger partial charge < -0.3 is 9.84 Å². The standard InChI is InChI=1S/C17H14BrN3O2S/c1-23-15-8-11(7-13(18)16(15)22)9-19-21-17-20-14(10-24-17)12-5-3-2-4-6-12/h2-10,22H,1H3,(H,20,21). The summed E-state index contributed by atoms with van der Waals surface area (Å²) in [5.74, 6) is 0.446. The summed E-state index contributed by atoms with van der Waals surface area (Å²) in [7, 11) is 1.50. The molecule has 0 atom stereocenters. The van der Waals surface area contributed by atoms with E-state index in [1.807, 2.05) is 35.7 Å². The number of phenolic OH excluding ortho intramolecular Hbond substituents is 1. The van der Waals surface area contributed by atoms with E-state index in [9.17, 15) is 5.11 Å². The average molecular weight is 404 g/mol. The van der Waals surface area contributed by atoms with Gasteiger partial charge in [-0.3, -0.25) is 5.43 Å². The summed E-state index contributed by atoms with van der Waals surface area (Å²) in [4.78, 5) is 4.50. The highest BCUT2D eigenvalue weighted by Crippen LogP contribution is 2.34. The van der Waals surface area contributed by atoms with Crippen molar-refractivity contribution in [3.05, 3.63) is 57.9 Å². The molecule has 0 aliphatic heterocycles. The van der Waals surface area contributed by atoms with Crippen LogP contribution in [-0.4, -0.2) is 23.4 Å². The number of hydrogen-bond donors (Lipinski definition) is 2. The van der Waals surface area contributed by atoms with Gasteiger partial charge in [0, 0.05) is 10.9 Å². The number of methoxy groups -OCH3 is 1. The molecule has 0 saturated carbocycles. The summed E-state index contributed by atoms with van der Waals surface area (Å²) in [6.07, 6.45) is 1.64. The first kappa shape index (κ1) is 16.5. The second-order valence-corrected chi connectivity index (χ2v) is 6.54. The number of hydrogen-bond acceptors (Lipinski definition) is 6. The minimum atomic E-state index is 0.0648. The zero-order valence-corrected chi connectivity index (χ0v) is 15.1. The molecule has 0 fully saturated rings. The van der Waals surface area contributed by atoms with Crippen molar-refractivity contribution in [2.24, 2.45) is 5.10 Å². The summed E-state index contributed by atoms with van der Waals surface area (Å²) in [5, 5.41) is 16.7. The van der Waals surface area contributed by atoms with Gasteiger partial charge in [0.15, 0.2) is 11.5 Å². The number of rotatable bonds is 5. The van der Waals surface area contributed by atoms with Gasteiger partial charge in [-0.2, -0.15) is 5.10 Å². The van der Waals surface area contributed by atoms with Crippen LogP contribution in [0.25, 0.3) is 11.3 Å². The molecule has 5 nitrogen and oxygen atoms in total. The first-order valence-electron chi connectivity index (χ1n) is 7.04. The largest absolute Gasteiger partial charge is 0.503 e. The number of nitrogens with zero attached hydrogens (tertiary/aromatic N) is 2. The van der Waals surface area contributed by atoms with Crippen molar-refractivity contribution in [3.8, 4) is 22.8 Å². The molecular weight excluding hydrogens is 390 g/mol. The molecule has 0 amide bonds. The lowest BCUT2D eigenvalue weighted by Crippen LogP contribution is -1.92. The summed E-state index contributed by atoms with van der Waals surface area (Å²) in [6.45, 7) is 0. The van der Waals surface area contributed by atoms with Crippen LogP contribution in [0, 0.1) is 0 Å². The highest BCUT2D eigenvalue weighted by molar-refractivity contribution is 9.10. The van der Waals surface area contributed by atoms with Crippen LogP contribution in [-0.2, 0) is 0 Å². The molecule has 0 saturated heterocycles. The van der Waals surface area contributed by atoms with Crippen LogP contribution in [0.2, 0.25) is 0 Å². The van der Waals surface area contributed by atoms with Crippen molar-refractivity contribution in [1.82, 2.24) is 4.98 Å². The fraction of sp³-hybridized carbons (Fsp3) is 0.0588. The molecule has 0 radical (unpaired) electrons. The van der Waals surface area contributed by atoms with Crippen molar-refractivity contribution in [1.29, 1.82) is 0 Å². The van der Waals surface area contributed by atoms with E-state index in [-0.39, 0.29) is 5.75 Å². The molecule has 0 spiro atoms. The van der Waals surface area contributed by atoms with E-state index in [1.165, 1.54) is 18.4 Å². The lowest BCUT2D eigenvalue weighted by Gasteiger charge is -2.06. The van der Waals surface area contributed by atoms with Crippen molar-refractivity contribution in [3.63, 3.8) is 0 Å². The number of nitrogens with one attached hydrogen (secondary N) is 1. The monoisotopic (exact) mass is 403 g/mol. The number of benzene rings is 2. The number of anilines is 1. The molecule has 3 rings (SSSR count). The van der Waals surface area contributed by atoms with Crippen LogP contribution in [0.1, 0.15) is 5.56 Å². The Morgan fingerprint density at radius 3 is 2.83 bits per heavy atom. The van der Waals surface area contributed by atoms with E-state index in [2.05, 4.69) is 31.4 Å². The molecule has 24 heavy (non-hydrogen) atoms. The fourth-order valence-corrected chi connectivity index (χ4v) is 3.18. The Bertz CT molecular complexity index is 866. The number of thiazole rings is 1. The molecule has 3 aromatic rings. The second kappa shape index (κ2) is 7.46. The molecular formula is C17H14BrN3O2S. The van der Waals surface area contributed by atoms with Gasteiger partial charge in [-0.1, -0.05) is 30.3 Å². The Balaban J connectivity index is 1.71. The van der Waals surface area contributed by atoms with Crippen molar-refractivity contribution >= 4 is 38.6 Å². The number of phenols is 1. The van der Waals surface area contributed by atoms with Gasteiger partial charge in [0.2, 0.25) is 5.13 Å². The Hall–Kier alpha value is -2.38. The maximum absolute atomic E-state index is 9.80. The SMILES string of the molecule is COc1cc(C=NNc2nc(-c3ccccc3)cs2)cc(Br)c1O. The molecule has 7 heteroatoms. The van der Waals surface area contributed by atoms with Crippen LogP contribution in [0.5, 0.6) is 11.5 Å². The number of halogens is 1. The number of aromatic nitrogens is 1. The molecule has 2 N–H and O–H groups in total. The van der Waals surface area contributed by atoms with E-state index < -0.39 is 0 Å². The van der Waals surface area contributed by atoms with E-state index in [1.54, 1.807) is 18.3 Å². The highest BCUT2D eigenvalue weighted by Gasteiger charge is 2.07. The first-order chi connectivity index (χ1) is 11.7. The zero-order chi connectivity index (χ0) is 16.9. The molecule has 1 aromatic heterocycles. The summed E-state index contributed by atoms with van der Waals surface area (Å²) in [5.41, 5.74) is 5.67. The smallest absolute Gasteiger partial charge is 0.203 e. The molecule has 0 bridgehead atoms. The normalized spacial score (nSPS) is 10.9. The summed E-state index contributed by atoms with van der Waals surface area (Å²) < 4.78 is 5.66. The first-order valence-corrected chi connectivity index (χ1v) is 8.71. The van der Waals surface area contributed by atoms with E-state index in [0.717, 1.165) is 16.8 Å². The number of aromatic hydroxyl groups is 1. The maximum Gasteiger partial charge on any atom is 0.203 e. The van der Waals surface area contributed by atoms with Gasteiger partial charge in [-0.05, 0) is 33.6 Å². The Morgan fingerprint density at radius 2 is 2.08 bits per heavy atom. The van der Waals surface area contributed by atoms with Crippen LogP contribution in [0.15, 0.2) is 57.4 Å². The highest BCUT2D eigenvalue weighted by atomic mass is 79.9. The lowest BCUT2D eigenvalue weighted by atomic mass is 10.2. The molecule has 2 aromatic carbocycles. The van der Waals surface area contributed by atoms with E-state index >= 15 is 0 Å². The predicted molar refractivity (Wildman–Crippen MR) is 101 cm³/mol. The van der Waals surface area contributed by atoms with Gasteiger partial charge in [0.25, 0.3) is 0 Å². The lowest BCUT2D eigenvalue weighted by molar-refractivity contribution is 0.372. The third kappa shape index (κ3) is 3.74. The van der Waals surface area contributed by atoms with Gasteiger partial charge in [0.1, 0.15) is 0 Å². The van der Waals surface area contributed by atoms with Crippen LogP contribution in [0.4, 0.5) is 5.13 Å². The number of hydrazone groups is 1. The topological polar surface area (TPSA) is 66.7 Å². The summed E-state index contributed by atoms with van der Waals surface area (Å²) >= 11 is 4.76. The third-order valence-corrected chi connectivity index (χ3v) is 4.57. The molecule has 0 aliphatic carbocycles. The van der Waals surface area contributed by atoms with Gasteiger partial charge in [-0.25, -0.2) is 4.98 Å². The van der Waals surface area contributed by atoms with Crippen molar-refractivity contribution in [2.45, 2.75) is 0 Å². The second-order valence-electron chi connectivity index (χ2n) is 4.83. The molecule has 1 heterocycles. The van der Waals surface area contributed by atoms with Crippen molar-refractivity contribution < 1.29 is 9.84 Å². The Labute approximate surface area is 151 Å². The van der Waals surface area contributed by atoms with Crippen LogP contribution >= 0.6 is 27.3 Å². The maximum atomic E-state index is 9.80. The zero-order valence-electron chi connectivity index (χ0n) is 12.7. The quantitative estimate of drug-likeness (QED) is 0.477. The van der Waals surface area contributed by atoms with Crippen LogP contribution in [0.3, 0.4) is 0 Å². The summed E-state index contributed by atoms with van der Waals surface area (Å²) in [6, 6.07) is 13.4. The van der Waals surface area contributed by atoms with Gasteiger partial charge >= 0.3 is 0 Å². The van der Waals surface area contributed by atoms with Gasteiger partial charge in [-0.15, -0.1) is 11.3 Å². The Morgan fingerprint density at radius 1 is 1.29 bits per heavy atom. The predicted octanol–water partition coefficient (Wildman–Crippen LogP) is 4.73. The minimum absolute atomic E-state index is 0.0648. The third-order valence-electron chi connectivity index (χ3n) is 3.22. The fourth-order valence-electron chi connectivity index (χ4n) is 2.05. The Kier molecular flexibility index (Phi) is 5.12. The van der Waals surface area contributed by atoms with Crippen LogP contribution < -0.4 is 10.2 Å². The van der Waals surface area contributed by atoms with E-state index in [4.69, 9.17) is 4.74 Å². The molecule has 0 unspecified atom stereocenters. The van der Waals surface area contributed by atoms with E-state index in [0.29, 0.717) is 15.4 Å². The number of ether oxygens (including phenoxy) is 1. The molecule has 122 valence electrons. The van der Waals surface area contributed by atoms with Gasteiger partial charge in [0.05, 0.1) is 23.5 Å². The molecule has 0 aliphatic rings. The minimum Gasteiger partial charge on any atom is -0.503 e. The average Bonchev–Trinajstić information content (AvgIpc) is 3.07.